The van der Waals surface area contributed by atoms with Crippen molar-refractivity contribution in [2.24, 2.45) is 13.0 Å². The molecular formula is C24H26N4O4. The first-order valence-corrected chi connectivity index (χ1v) is 10.7. The molecule has 0 spiro atoms. The first kappa shape index (κ1) is 21.5. The van der Waals surface area contributed by atoms with E-state index in [0.29, 0.717) is 30.1 Å². The average Bonchev–Trinajstić information content (AvgIpc) is 3.15. The molecule has 8 heteroatoms. The second-order valence-electron chi connectivity index (χ2n) is 8.09. The number of rotatable bonds is 7. The lowest BCUT2D eigenvalue weighted by Crippen LogP contribution is -2.29. The number of carboxylic acid groups (broad SMARTS) is 1. The minimum atomic E-state index is -0.752. The summed E-state index contributed by atoms with van der Waals surface area (Å²) in [6.07, 6.45) is 3.11. The molecule has 2 N–H and O–H groups in total. The topological polar surface area (TPSA) is 106 Å². The number of benzene rings is 2. The zero-order valence-electron chi connectivity index (χ0n) is 17.9. The maximum absolute atomic E-state index is 12.5. The molecule has 1 saturated carbocycles. The Morgan fingerprint density at radius 2 is 1.88 bits per heavy atom. The third kappa shape index (κ3) is 5.14. The molecule has 1 fully saturated rings. The van der Waals surface area contributed by atoms with Gasteiger partial charge in [-0.2, -0.15) is 0 Å². The highest BCUT2D eigenvalue weighted by molar-refractivity contribution is 5.94. The SMILES string of the molecule is Cn1nnc(-c2ccc(O[C@H]3CCC[C@H](C(=O)O)C3)cc2)c1NC(=O)Cc1ccccc1. The standard InChI is InChI=1S/C24H26N4O4/c1-28-23(25-21(29)14-16-6-3-2-4-7-16)22(26-27-28)17-10-12-19(13-11-17)32-20-9-5-8-18(15-20)24(30)31/h2-4,6-7,10-13,18,20H,5,8-9,14-15H2,1H3,(H,25,29)(H,30,31)/t18-,20-/m0/s1. The minimum absolute atomic E-state index is 0.0972. The largest absolute Gasteiger partial charge is 0.490 e. The van der Waals surface area contributed by atoms with Crippen molar-refractivity contribution in [3.05, 3.63) is 60.2 Å². The van der Waals surface area contributed by atoms with Crippen LogP contribution in [0.4, 0.5) is 5.82 Å². The van der Waals surface area contributed by atoms with Gasteiger partial charge < -0.3 is 15.2 Å². The average molecular weight is 434 g/mol. The van der Waals surface area contributed by atoms with Crippen LogP contribution in [0.3, 0.4) is 0 Å². The number of anilines is 1. The fourth-order valence-corrected chi connectivity index (χ4v) is 4.01. The third-order valence-corrected chi connectivity index (χ3v) is 5.70. The Morgan fingerprint density at radius 1 is 1.12 bits per heavy atom. The van der Waals surface area contributed by atoms with Crippen LogP contribution in [0.1, 0.15) is 31.2 Å². The fraction of sp³-hybridized carbons (Fsp3) is 0.333. The predicted molar refractivity (Wildman–Crippen MR) is 119 cm³/mol. The molecule has 0 unspecified atom stereocenters. The van der Waals surface area contributed by atoms with Gasteiger partial charge in [0.25, 0.3) is 0 Å². The molecule has 1 amide bonds. The first-order chi connectivity index (χ1) is 15.5. The third-order valence-electron chi connectivity index (χ3n) is 5.70. The van der Waals surface area contributed by atoms with Crippen molar-refractivity contribution < 1.29 is 19.4 Å². The summed E-state index contributed by atoms with van der Waals surface area (Å²) in [5.74, 6) is -0.0274. The summed E-state index contributed by atoms with van der Waals surface area (Å²) in [4.78, 5) is 23.8. The number of aromatic nitrogens is 3. The van der Waals surface area contributed by atoms with Crippen molar-refractivity contribution in [3.8, 4) is 17.0 Å². The van der Waals surface area contributed by atoms with E-state index < -0.39 is 5.97 Å². The highest BCUT2D eigenvalue weighted by atomic mass is 16.5. The van der Waals surface area contributed by atoms with Gasteiger partial charge in [0.05, 0.1) is 18.4 Å². The molecule has 8 nitrogen and oxygen atoms in total. The van der Waals surface area contributed by atoms with Crippen LogP contribution in [0.15, 0.2) is 54.6 Å². The number of nitrogens with one attached hydrogen (secondary N) is 1. The summed E-state index contributed by atoms with van der Waals surface area (Å²) in [7, 11) is 1.73. The molecule has 0 aliphatic heterocycles. The van der Waals surface area contributed by atoms with Crippen molar-refractivity contribution in [2.75, 3.05) is 5.32 Å². The Labute approximate surface area is 186 Å². The number of carbonyl (C=O) groups is 2. The van der Waals surface area contributed by atoms with Crippen molar-refractivity contribution in [1.29, 1.82) is 0 Å². The summed E-state index contributed by atoms with van der Waals surface area (Å²) in [5.41, 5.74) is 2.30. The Balaban J connectivity index is 1.43. The zero-order chi connectivity index (χ0) is 22.5. The Kier molecular flexibility index (Phi) is 6.49. The number of aryl methyl sites for hydroxylation is 1. The quantitative estimate of drug-likeness (QED) is 0.587. The van der Waals surface area contributed by atoms with E-state index in [1.165, 1.54) is 4.68 Å². The predicted octanol–water partition coefficient (Wildman–Crippen LogP) is 3.69. The van der Waals surface area contributed by atoms with Crippen molar-refractivity contribution in [1.82, 2.24) is 15.0 Å². The summed E-state index contributed by atoms with van der Waals surface area (Å²) in [5, 5.41) is 20.4. The molecule has 1 heterocycles. The van der Waals surface area contributed by atoms with E-state index >= 15 is 0 Å². The minimum Gasteiger partial charge on any atom is -0.490 e. The molecular weight excluding hydrogens is 408 g/mol. The number of carbonyl (C=O) groups excluding carboxylic acids is 1. The van der Waals surface area contributed by atoms with Gasteiger partial charge in [-0.15, -0.1) is 5.10 Å². The van der Waals surface area contributed by atoms with Crippen molar-refractivity contribution in [2.45, 2.75) is 38.2 Å². The lowest BCUT2D eigenvalue weighted by atomic mass is 9.87. The number of ether oxygens (including phenoxy) is 1. The van der Waals surface area contributed by atoms with Gasteiger partial charge in [0.1, 0.15) is 11.4 Å². The first-order valence-electron chi connectivity index (χ1n) is 10.7. The number of aliphatic carboxylic acids is 1. The lowest BCUT2D eigenvalue weighted by molar-refractivity contribution is -0.143. The van der Waals surface area contributed by atoms with E-state index in [4.69, 9.17) is 4.74 Å². The van der Waals surface area contributed by atoms with Crippen LogP contribution >= 0.6 is 0 Å². The van der Waals surface area contributed by atoms with Crippen LogP contribution in [-0.2, 0) is 23.1 Å². The van der Waals surface area contributed by atoms with E-state index in [-0.39, 0.29) is 24.3 Å². The maximum Gasteiger partial charge on any atom is 0.306 e. The van der Waals surface area contributed by atoms with E-state index in [9.17, 15) is 14.7 Å². The zero-order valence-corrected chi connectivity index (χ0v) is 17.9. The number of amides is 1. The molecule has 0 radical (unpaired) electrons. The highest BCUT2D eigenvalue weighted by Crippen LogP contribution is 2.30. The Hall–Kier alpha value is -3.68. The molecule has 1 aromatic heterocycles. The van der Waals surface area contributed by atoms with Crippen LogP contribution in [0.5, 0.6) is 5.75 Å². The normalized spacial score (nSPS) is 18.2. The lowest BCUT2D eigenvalue weighted by Gasteiger charge is -2.27. The van der Waals surface area contributed by atoms with Crippen LogP contribution in [0, 0.1) is 5.92 Å². The summed E-state index contributed by atoms with van der Waals surface area (Å²) < 4.78 is 7.56. The van der Waals surface area contributed by atoms with Crippen LogP contribution in [0.25, 0.3) is 11.3 Å². The van der Waals surface area contributed by atoms with Gasteiger partial charge in [0.2, 0.25) is 5.91 Å². The van der Waals surface area contributed by atoms with Gasteiger partial charge in [-0.3, -0.25) is 9.59 Å². The number of nitrogens with zero attached hydrogens (tertiary/aromatic N) is 3. The van der Waals surface area contributed by atoms with E-state index in [1.807, 2.05) is 54.6 Å². The summed E-state index contributed by atoms with van der Waals surface area (Å²) >= 11 is 0. The molecule has 1 aliphatic carbocycles. The molecule has 3 aromatic rings. The summed E-state index contributed by atoms with van der Waals surface area (Å²) in [6, 6.07) is 16.9. The summed E-state index contributed by atoms with van der Waals surface area (Å²) in [6.45, 7) is 0. The smallest absolute Gasteiger partial charge is 0.306 e. The second-order valence-corrected chi connectivity index (χ2v) is 8.09. The molecule has 1 aliphatic rings. The van der Waals surface area contributed by atoms with Gasteiger partial charge in [0, 0.05) is 12.6 Å². The van der Waals surface area contributed by atoms with Gasteiger partial charge in [0.15, 0.2) is 5.82 Å². The van der Waals surface area contributed by atoms with Gasteiger partial charge >= 0.3 is 5.97 Å². The highest BCUT2D eigenvalue weighted by Gasteiger charge is 2.28. The number of hydrogen-bond donors (Lipinski definition) is 2. The number of carboxylic acids is 1. The fourth-order valence-electron chi connectivity index (χ4n) is 4.01. The van der Waals surface area contributed by atoms with E-state index in [0.717, 1.165) is 24.0 Å². The van der Waals surface area contributed by atoms with Gasteiger partial charge in [-0.25, -0.2) is 4.68 Å². The monoisotopic (exact) mass is 434 g/mol. The van der Waals surface area contributed by atoms with E-state index in [1.54, 1.807) is 7.05 Å². The maximum atomic E-state index is 12.5. The Morgan fingerprint density at radius 3 is 2.59 bits per heavy atom. The van der Waals surface area contributed by atoms with Crippen LogP contribution in [0.2, 0.25) is 0 Å². The van der Waals surface area contributed by atoms with Crippen molar-refractivity contribution >= 4 is 17.7 Å². The Bertz CT molecular complexity index is 1080. The number of hydrogen-bond acceptors (Lipinski definition) is 5. The molecule has 166 valence electrons. The van der Waals surface area contributed by atoms with Crippen molar-refractivity contribution in [3.63, 3.8) is 0 Å². The second kappa shape index (κ2) is 9.64. The molecule has 0 saturated heterocycles. The van der Waals surface area contributed by atoms with E-state index in [2.05, 4.69) is 15.6 Å². The molecule has 0 bridgehead atoms. The van der Waals surface area contributed by atoms with Crippen LogP contribution in [-0.4, -0.2) is 38.1 Å². The van der Waals surface area contributed by atoms with Gasteiger partial charge in [-0.1, -0.05) is 35.5 Å². The molecule has 2 atom stereocenters. The van der Waals surface area contributed by atoms with Gasteiger partial charge in [-0.05, 0) is 55.5 Å². The van der Waals surface area contributed by atoms with Crippen LogP contribution < -0.4 is 10.1 Å². The molecule has 32 heavy (non-hydrogen) atoms. The molecule has 2 aromatic carbocycles. The molecule has 4 rings (SSSR count).